The molecule has 2 aromatic rings. The van der Waals surface area contributed by atoms with Crippen LogP contribution in [0.3, 0.4) is 0 Å². The highest BCUT2D eigenvalue weighted by Crippen LogP contribution is 2.32. The van der Waals surface area contributed by atoms with Crippen molar-refractivity contribution in [2.75, 3.05) is 13.7 Å². The van der Waals surface area contributed by atoms with Gasteiger partial charge in [0, 0.05) is 12.4 Å². The second kappa shape index (κ2) is 6.99. The number of aryl methyl sites for hydroxylation is 1. The molecular formula is C21H17F2N3O2. The zero-order chi connectivity index (χ0) is 19.8. The maximum absolute atomic E-state index is 14.3. The van der Waals surface area contributed by atoms with Crippen LogP contribution in [0.25, 0.3) is 5.57 Å². The Labute approximate surface area is 160 Å². The van der Waals surface area contributed by atoms with Crippen molar-refractivity contribution in [3.05, 3.63) is 82.8 Å². The molecule has 0 saturated carbocycles. The Bertz CT molecular complexity index is 1060. The van der Waals surface area contributed by atoms with Gasteiger partial charge in [0.25, 0.3) is 0 Å². The number of fused-ring (bicyclic) bond motifs is 1. The number of aliphatic imine (C=N–C) groups is 1. The van der Waals surface area contributed by atoms with Gasteiger partial charge in [-0.15, -0.1) is 0 Å². The summed E-state index contributed by atoms with van der Waals surface area (Å²) in [6.45, 7) is 2.11. The van der Waals surface area contributed by atoms with Gasteiger partial charge < -0.3 is 9.64 Å². The molecule has 142 valence electrons. The fraction of sp³-hybridized carbons (Fsp3) is 0.190. The van der Waals surface area contributed by atoms with E-state index in [1.807, 2.05) is 17.1 Å². The SMILES string of the molecule is COC(=O)c1cc(C2=CC=CN3C(c4cccc(F)c4F)=NCC23)cnc1C. The number of carbonyl (C=O) groups excluding carboxylic acids is 1. The van der Waals surface area contributed by atoms with Crippen LogP contribution in [0.4, 0.5) is 8.78 Å². The largest absolute Gasteiger partial charge is 0.465 e. The molecule has 1 aromatic heterocycles. The van der Waals surface area contributed by atoms with Crippen molar-refractivity contribution in [1.82, 2.24) is 9.88 Å². The highest BCUT2D eigenvalue weighted by atomic mass is 19.2. The third-order valence-corrected chi connectivity index (χ3v) is 4.89. The molecule has 0 amide bonds. The molecule has 5 nitrogen and oxygen atoms in total. The molecular weight excluding hydrogens is 364 g/mol. The topological polar surface area (TPSA) is 54.8 Å². The van der Waals surface area contributed by atoms with Gasteiger partial charge >= 0.3 is 5.97 Å². The van der Waals surface area contributed by atoms with E-state index in [2.05, 4.69) is 9.98 Å². The Kier molecular flexibility index (Phi) is 4.50. The van der Waals surface area contributed by atoms with Crippen molar-refractivity contribution in [2.24, 2.45) is 4.99 Å². The quantitative estimate of drug-likeness (QED) is 0.764. The van der Waals surface area contributed by atoms with Crippen LogP contribution in [0, 0.1) is 18.6 Å². The number of rotatable bonds is 3. The highest BCUT2D eigenvalue weighted by molar-refractivity contribution is 6.03. The summed E-state index contributed by atoms with van der Waals surface area (Å²) >= 11 is 0. The Morgan fingerprint density at radius 2 is 2.14 bits per heavy atom. The van der Waals surface area contributed by atoms with Crippen molar-refractivity contribution in [2.45, 2.75) is 13.0 Å². The van der Waals surface area contributed by atoms with Crippen LogP contribution in [0.1, 0.15) is 27.2 Å². The average molecular weight is 381 g/mol. The zero-order valence-corrected chi connectivity index (χ0v) is 15.3. The first-order chi connectivity index (χ1) is 13.5. The predicted molar refractivity (Wildman–Crippen MR) is 101 cm³/mol. The van der Waals surface area contributed by atoms with E-state index in [0.29, 0.717) is 23.6 Å². The molecule has 7 heteroatoms. The normalized spacial score (nSPS) is 17.9. The highest BCUT2D eigenvalue weighted by Gasteiger charge is 2.34. The van der Waals surface area contributed by atoms with Gasteiger partial charge in [-0.2, -0.15) is 0 Å². The molecule has 1 unspecified atom stereocenters. The van der Waals surface area contributed by atoms with E-state index in [9.17, 15) is 13.6 Å². The monoisotopic (exact) mass is 381 g/mol. The van der Waals surface area contributed by atoms with E-state index in [-0.39, 0.29) is 11.6 Å². The Morgan fingerprint density at radius 3 is 2.93 bits per heavy atom. The number of methoxy groups -OCH3 is 1. The second-order valence-corrected chi connectivity index (χ2v) is 6.50. The minimum atomic E-state index is -0.920. The molecule has 1 atom stereocenters. The number of nitrogens with zero attached hydrogens (tertiary/aromatic N) is 3. The van der Waals surface area contributed by atoms with Gasteiger partial charge in [-0.3, -0.25) is 9.98 Å². The Hall–Kier alpha value is -3.35. The van der Waals surface area contributed by atoms with Crippen molar-refractivity contribution in [1.29, 1.82) is 0 Å². The van der Waals surface area contributed by atoms with E-state index in [1.54, 1.807) is 25.4 Å². The van der Waals surface area contributed by atoms with Crippen LogP contribution in [-0.2, 0) is 4.74 Å². The first-order valence-electron chi connectivity index (χ1n) is 8.72. The lowest BCUT2D eigenvalue weighted by Crippen LogP contribution is -2.35. The summed E-state index contributed by atoms with van der Waals surface area (Å²) in [5, 5.41) is 0. The molecule has 1 aromatic carbocycles. The third-order valence-electron chi connectivity index (χ3n) is 4.89. The molecule has 4 rings (SSSR count). The predicted octanol–water partition coefficient (Wildman–Crippen LogP) is 3.50. The van der Waals surface area contributed by atoms with E-state index in [4.69, 9.17) is 4.74 Å². The van der Waals surface area contributed by atoms with Gasteiger partial charge in [-0.1, -0.05) is 12.1 Å². The number of pyridine rings is 1. The fourth-order valence-electron chi connectivity index (χ4n) is 3.46. The molecule has 0 spiro atoms. The minimum absolute atomic E-state index is 0.116. The summed E-state index contributed by atoms with van der Waals surface area (Å²) in [4.78, 5) is 22.6. The van der Waals surface area contributed by atoms with E-state index in [1.165, 1.54) is 19.2 Å². The van der Waals surface area contributed by atoms with Crippen LogP contribution in [-0.4, -0.2) is 41.4 Å². The van der Waals surface area contributed by atoms with Gasteiger partial charge in [0.1, 0.15) is 5.84 Å². The number of esters is 1. The van der Waals surface area contributed by atoms with Crippen LogP contribution in [0.15, 0.2) is 53.8 Å². The second-order valence-electron chi connectivity index (χ2n) is 6.50. The molecule has 2 aliphatic heterocycles. The molecule has 0 bridgehead atoms. The third kappa shape index (κ3) is 2.89. The van der Waals surface area contributed by atoms with Crippen LogP contribution < -0.4 is 0 Å². The van der Waals surface area contributed by atoms with Gasteiger partial charge in [-0.05, 0) is 42.3 Å². The summed E-state index contributed by atoms with van der Waals surface area (Å²) in [5.41, 5.74) is 2.71. The van der Waals surface area contributed by atoms with Gasteiger partial charge in [0.15, 0.2) is 11.6 Å². The van der Waals surface area contributed by atoms with Crippen molar-refractivity contribution >= 4 is 17.4 Å². The lowest BCUT2D eigenvalue weighted by atomic mass is 9.95. The molecule has 3 heterocycles. The fourth-order valence-corrected chi connectivity index (χ4v) is 3.46. The number of halogens is 2. The standard InChI is InChI=1S/C21H17F2N3O2/c1-12-16(21(27)28-2)9-13(10-24-12)14-6-4-8-26-18(14)11-25-20(26)15-5-3-7-17(22)19(15)23/h3-10,18H,11H2,1-2H3. The number of amidine groups is 1. The number of allylic oxidation sites excluding steroid dienone is 2. The van der Waals surface area contributed by atoms with Crippen molar-refractivity contribution in [3.63, 3.8) is 0 Å². The van der Waals surface area contributed by atoms with E-state index >= 15 is 0 Å². The Morgan fingerprint density at radius 1 is 1.32 bits per heavy atom. The number of carbonyl (C=O) groups is 1. The van der Waals surface area contributed by atoms with Crippen LogP contribution in [0.2, 0.25) is 0 Å². The smallest absolute Gasteiger partial charge is 0.339 e. The summed E-state index contributed by atoms with van der Waals surface area (Å²) in [6, 6.07) is 5.58. The van der Waals surface area contributed by atoms with Gasteiger partial charge in [0.05, 0.1) is 36.5 Å². The average Bonchev–Trinajstić information content (AvgIpc) is 3.14. The van der Waals surface area contributed by atoms with Gasteiger partial charge in [0.2, 0.25) is 0 Å². The summed E-state index contributed by atoms with van der Waals surface area (Å²) < 4.78 is 32.8. The number of ether oxygens (including phenoxy) is 1. The maximum Gasteiger partial charge on any atom is 0.339 e. The number of benzene rings is 1. The lowest BCUT2D eigenvalue weighted by molar-refractivity contribution is 0.0599. The first-order valence-corrected chi connectivity index (χ1v) is 8.72. The van der Waals surface area contributed by atoms with Crippen molar-refractivity contribution < 1.29 is 18.3 Å². The molecule has 0 saturated heterocycles. The summed E-state index contributed by atoms with van der Waals surface area (Å²) in [5.74, 6) is -1.92. The lowest BCUT2D eigenvalue weighted by Gasteiger charge is -2.29. The van der Waals surface area contributed by atoms with E-state index < -0.39 is 17.6 Å². The first kappa shape index (κ1) is 18.0. The molecule has 28 heavy (non-hydrogen) atoms. The Balaban J connectivity index is 1.69. The molecule has 0 fully saturated rings. The number of aromatic nitrogens is 1. The zero-order valence-electron chi connectivity index (χ0n) is 15.3. The summed E-state index contributed by atoms with van der Waals surface area (Å²) in [7, 11) is 1.32. The van der Waals surface area contributed by atoms with Crippen LogP contribution in [0.5, 0.6) is 0 Å². The minimum Gasteiger partial charge on any atom is -0.465 e. The van der Waals surface area contributed by atoms with Gasteiger partial charge in [-0.25, -0.2) is 13.6 Å². The number of hydrogen-bond donors (Lipinski definition) is 0. The van der Waals surface area contributed by atoms with E-state index in [0.717, 1.165) is 17.2 Å². The molecule has 0 radical (unpaired) electrons. The maximum atomic E-state index is 14.3. The van der Waals surface area contributed by atoms with Crippen LogP contribution >= 0.6 is 0 Å². The molecule has 0 N–H and O–H groups in total. The molecule has 0 aliphatic carbocycles. The van der Waals surface area contributed by atoms with Crippen molar-refractivity contribution in [3.8, 4) is 0 Å². The molecule has 2 aliphatic rings. The summed E-state index contributed by atoms with van der Waals surface area (Å²) in [6.07, 6.45) is 7.19. The number of hydrogen-bond acceptors (Lipinski definition) is 5.